The van der Waals surface area contributed by atoms with E-state index in [-0.39, 0.29) is 25.0 Å². The first-order valence-electron chi connectivity index (χ1n) is 12.1. The van der Waals surface area contributed by atoms with Crippen molar-refractivity contribution in [1.82, 2.24) is 10.6 Å². The van der Waals surface area contributed by atoms with Crippen molar-refractivity contribution in [2.75, 3.05) is 13.2 Å². The molecular weight excluding hydrogens is 448 g/mol. The maximum atomic E-state index is 13.0. The predicted molar refractivity (Wildman–Crippen MR) is 130 cm³/mol. The zero-order valence-electron chi connectivity index (χ0n) is 19.8. The number of alkyl carbamates (subject to hydrolysis) is 1. The maximum absolute atomic E-state index is 13.0. The Balaban J connectivity index is 1.38. The molecule has 2 aromatic carbocycles. The van der Waals surface area contributed by atoms with Gasteiger partial charge in [-0.05, 0) is 42.0 Å². The van der Waals surface area contributed by atoms with Gasteiger partial charge in [-0.1, -0.05) is 61.4 Å². The predicted octanol–water partition coefficient (Wildman–Crippen LogP) is 3.43. The third-order valence-corrected chi connectivity index (χ3v) is 7.27. The number of aliphatic hydroxyl groups is 1. The van der Waals surface area contributed by atoms with Crippen LogP contribution in [0.4, 0.5) is 4.79 Å². The zero-order chi connectivity index (χ0) is 25.0. The van der Waals surface area contributed by atoms with Crippen LogP contribution < -0.4 is 10.6 Å². The first-order valence-corrected chi connectivity index (χ1v) is 12.1. The second-order valence-electron chi connectivity index (χ2n) is 9.65. The number of benzene rings is 2. The Morgan fingerprint density at radius 3 is 2.31 bits per heavy atom. The van der Waals surface area contributed by atoms with Crippen LogP contribution in [0.15, 0.2) is 48.5 Å². The molecule has 4 N–H and O–H groups in total. The van der Waals surface area contributed by atoms with Crippen LogP contribution in [0.2, 0.25) is 0 Å². The van der Waals surface area contributed by atoms with Gasteiger partial charge in [0, 0.05) is 18.5 Å². The molecule has 0 bridgehead atoms. The molecule has 0 saturated heterocycles. The molecule has 8 heteroatoms. The van der Waals surface area contributed by atoms with Gasteiger partial charge in [-0.25, -0.2) is 4.79 Å². The number of carbonyl (C=O) groups is 3. The quantitative estimate of drug-likeness (QED) is 0.459. The van der Waals surface area contributed by atoms with Gasteiger partial charge < -0.3 is 25.6 Å². The van der Waals surface area contributed by atoms with Crippen LogP contribution in [0.1, 0.15) is 56.1 Å². The van der Waals surface area contributed by atoms with Crippen molar-refractivity contribution in [3.63, 3.8) is 0 Å². The third kappa shape index (κ3) is 5.32. The smallest absolute Gasteiger partial charge is 0.407 e. The van der Waals surface area contributed by atoms with Crippen molar-refractivity contribution in [1.29, 1.82) is 0 Å². The average Bonchev–Trinajstić information content (AvgIpc) is 3.16. The number of hydrogen-bond acceptors (Lipinski definition) is 5. The van der Waals surface area contributed by atoms with Crippen molar-refractivity contribution in [2.45, 2.75) is 57.1 Å². The SMILES string of the molecule is CC1(C(=O)NCC(O)CC(=O)O)CCCCC1NC(=O)OCC1c2ccccc2-c2ccccc21. The summed E-state index contributed by atoms with van der Waals surface area (Å²) in [6, 6.07) is 15.8. The number of rotatable bonds is 8. The fourth-order valence-electron chi connectivity index (χ4n) is 5.31. The van der Waals surface area contributed by atoms with Gasteiger partial charge in [0.05, 0.1) is 17.9 Å². The van der Waals surface area contributed by atoms with Gasteiger partial charge in [0.15, 0.2) is 0 Å². The fourth-order valence-corrected chi connectivity index (χ4v) is 5.31. The molecule has 0 aromatic heterocycles. The molecule has 0 heterocycles. The third-order valence-electron chi connectivity index (χ3n) is 7.27. The Morgan fingerprint density at radius 2 is 1.69 bits per heavy atom. The molecule has 0 radical (unpaired) electrons. The van der Waals surface area contributed by atoms with Crippen LogP contribution in [-0.4, -0.2) is 53.5 Å². The van der Waals surface area contributed by atoms with E-state index < -0.39 is 36.0 Å². The zero-order valence-corrected chi connectivity index (χ0v) is 19.8. The number of ether oxygens (including phenoxy) is 1. The molecule has 8 nitrogen and oxygen atoms in total. The molecule has 186 valence electrons. The second-order valence-corrected chi connectivity index (χ2v) is 9.65. The van der Waals surface area contributed by atoms with E-state index in [4.69, 9.17) is 9.84 Å². The topological polar surface area (TPSA) is 125 Å². The fraction of sp³-hybridized carbons (Fsp3) is 0.444. The van der Waals surface area contributed by atoms with Crippen molar-refractivity contribution >= 4 is 18.0 Å². The highest BCUT2D eigenvalue weighted by atomic mass is 16.5. The molecule has 2 aliphatic rings. The Bertz CT molecular complexity index is 1060. The number of aliphatic carboxylic acids is 1. The number of nitrogens with one attached hydrogen (secondary N) is 2. The molecule has 3 unspecified atom stereocenters. The Kier molecular flexibility index (Phi) is 7.40. The molecule has 3 atom stereocenters. The molecule has 1 saturated carbocycles. The first kappa shape index (κ1) is 24.7. The maximum Gasteiger partial charge on any atom is 0.407 e. The van der Waals surface area contributed by atoms with Crippen molar-refractivity contribution in [2.24, 2.45) is 5.41 Å². The lowest BCUT2D eigenvalue weighted by molar-refractivity contribution is -0.140. The number of carboxylic acid groups (broad SMARTS) is 1. The van der Waals surface area contributed by atoms with Crippen LogP contribution >= 0.6 is 0 Å². The molecule has 0 spiro atoms. The summed E-state index contributed by atoms with van der Waals surface area (Å²) in [5.41, 5.74) is 3.68. The second kappa shape index (κ2) is 10.5. The van der Waals surface area contributed by atoms with Gasteiger partial charge in [0.1, 0.15) is 6.61 Å². The summed E-state index contributed by atoms with van der Waals surface area (Å²) in [5.74, 6) is -1.50. The average molecular weight is 481 g/mol. The summed E-state index contributed by atoms with van der Waals surface area (Å²) in [5, 5.41) is 24.1. The van der Waals surface area contributed by atoms with Crippen LogP contribution in [-0.2, 0) is 14.3 Å². The van der Waals surface area contributed by atoms with E-state index in [1.807, 2.05) is 24.3 Å². The molecular formula is C27H32N2O6. The molecule has 0 aliphatic heterocycles. The number of aliphatic hydroxyl groups excluding tert-OH is 1. The van der Waals surface area contributed by atoms with Crippen molar-refractivity contribution in [3.8, 4) is 11.1 Å². The van der Waals surface area contributed by atoms with E-state index in [9.17, 15) is 19.5 Å². The van der Waals surface area contributed by atoms with E-state index in [2.05, 4.69) is 34.9 Å². The summed E-state index contributed by atoms with van der Waals surface area (Å²) in [7, 11) is 0. The Labute approximate surface area is 204 Å². The number of fused-ring (bicyclic) bond motifs is 3. The van der Waals surface area contributed by atoms with Gasteiger partial charge in [0.25, 0.3) is 0 Å². The van der Waals surface area contributed by atoms with Gasteiger partial charge >= 0.3 is 12.1 Å². The number of carboxylic acids is 1. The number of carbonyl (C=O) groups excluding carboxylic acids is 2. The van der Waals surface area contributed by atoms with E-state index in [1.54, 1.807) is 6.92 Å². The van der Waals surface area contributed by atoms with Crippen LogP contribution in [0.3, 0.4) is 0 Å². The highest BCUT2D eigenvalue weighted by molar-refractivity contribution is 5.84. The standard InChI is InChI=1S/C27H32N2O6/c1-27(25(33)28-15-17(30)14-24(31)32)13-7-6-12-23(27)29-26(34)35-16-22-20-10-4-2-8-18(20)19-9-3-5-11-21(19)22/h2-5,8-11,17,22-23,30H,6-7,12-16H2,1H3,(H,28,33)(H,29,34)(H,31,32). The van der Waals surface area contributed by atoms with Crippen molar-refractivity contribution in [3.05, 3.63) is 59.7 Å². The van der Waals surface area contributed by atoms with Crippen LogP contribution in [0, 0.1) is 5.41 Å². The summed E-state index contributed by atoms with van der Waals surface area (Å²) >= 11 is 0. The summed E-state index contributed by atoms with van der Waals surface area (Å²) in [6.45, 7) is 1.83. The van der Waals surface area contributed by atoms with E-state index >= 15 is 0 Å². The van der Waals surface area contributed by atoms with Gasteiger partial charge in [-0.15, -0.1) is 0 Å². The van der Waals surface area contributed by atoms with E-state index in [0.29, 0.717) is 12.8 Å². The highest BCUT2D eigenvalue weighted by Gasteiger charge is 2.44. The Hall–Kier alpha value is -3.39. The molecule has 1 fully saturated rings. The highest BCUT2D eigenvalue weighted by Crippen LogP contribution is 2.44. The normalized spacial score (nSPS) is 21.9. The van der Waals surface area contributed by atoms with Gasteiger partial charge in [-0.2, -0.15) is 0 Å². The van der Waals surface area contributed by atoms with Gasteiger partial charge in [0.2, 0.25) is 5.91 Å². The lowest BCUT2D eigenvalue weighted by Crippen LogP contribution is -2.56. The van der Waals surface area contributed by atoms with Crippen LogP contribution in [0.5, 0.6) is 0 Å². The van der Waals surface area contributed by atoms with Crippen LogP contribution in [0.25, 0.3) is 11.1 Å². The summed E-state index contributed by atoms with van der Waals surface area (Å²) in [4.78, 5) is 36.6. The minimum absolute atomic E-state index is 0.0510. The molecule has 2 aliphatic carbocycles. The lowest BCUT2D eigenvalue weighted by Gasteiger charge is -2.40. The monoisotopic (exact) mass is 480 g/mol. The van der Waals surface area contributed by atoms with Gasteiger partial charge in [-0.3, -0.25) is 9.59 Å². The largest absolute Gasteiger partial charge is 0.481 e. The Morgan fingerprint density at radius 1 is 1.06 bits per heavy atom. The number of amides is 2. The summed E-state index contributed by atoms with van der Waals surface area (Å²) in [6.07, 6.45) is 0.733. The van der Waals surface area contributed by atoms with Crippen molar-refractivity contribution < 1.29 is 29.3 Å². The van der Waals surface area contributed by atoms with E-state index in [0.717, 1.165) is 35.1 Å². The summed E-state index contributed by atoms with van der Waals surface area (Å²) < 4.78 is 5.67. The van der Waals surface area contributed by atoms with E-state index in [1.165, 1.54) is 0 Å². The molecule has 2 aromatic rings. The molecule has 2 amide bonds. The minimum atomic E-state index is -1.17. The first-order chi connectivity index (χ1) is 16.8. The minimum Gasteiger partial charge on any atom is -0.481 e. The molecule has 4 rings (SSSR count). The molecule has 35 heavy (non-hydrogen) atoms. The number of hydrogen-bond donors (Lipinski definition) is 4. The lowest BCUT2D eigenvalue weighted by atomic mass is 9.71.